The Bertz CT molecular complexity index is 363. The summed E-state index contributed by atoms with van der Waals surface area (Å²) < 4.78 is 16.6. The van der Waals surface area contributed by atoms with Gasteiger partial charge in [0.2, 0.25) is 0 Å². The third-order valence-electron chi connectivity index (χ3n) is 4.98. The first kappa shape index (κ1) is 11.2. The molecular formula is C14H20O4. The van der Waals surface area contributed by atoms with E-state index in [1.807, 2.05) is 0 Å². The van der Waals surface area contributed by atoms with E-state index in [1.54, 1.807) is 0 Å². The van der Waals surface area contributed by atoms with E-state index in [0.29, 0.717) is 18.6 Å². The molecule has 4 aliphatic rings. The molecule has 4 atom stereocenters. The van der Waals surface area contributed by atoms with Gasteiger partial charge in [0.25, 0.3) is 0 Å². The van der Waals surface area contributed by atoms with Crippen molar-refractivity contribution in [2.75, 3.05) is 6.61 Å². The van der Waals surface area contributed by atoms with Gasteiger partial charge in [0, 0.05) is 0 Å². The maximum atomic E-state index is 12.2. The van der Waals surface area contributed by atoms with Crippen LogP contribution in [0.5, 0.6) is 0 Å². The summed E-state index contributed by atoms with van der Waals surface area (Å²) in [7, 11) is 0. The minimum Gasteiger partial charge on any atom is -0.463 e. The van der Waals surface area contributed by atoms with Crippen LogP contribution >= 0.6 is 0 Å². The molecule has 2 aliphatic carbocycles. The van der Waals surface area contributed by atoms with E-state index in [9.17, 15) is 4.79 Å². The van der Waals surface area contributed by atoms with Crippen LogP contribution < -0.4 is 0 Å². The van der Waals surface area contributed by atoms with Crippen molar-refractivity contribution in [3.63, 3.8) is 0 Å². The monoisotopic (exact) mass is 252 g/mol. The Kier molecular flexibility index (Phi) is 2.46. The lowest BCUT2D eigenvalue weighted by molar-refractivity contribution is -0.152. The highest BCUT2D eigenvalue weighted by atomic mass is 16.7. The third kappa shape index (κ3) is 1.69. The van der Waals surface area contributed by atoms with Gasteiger partial charge in [0.15, 0.2) is 5.60 Å². The van der Waals surface area contributed by atoms with E-state index < -0.39 is 5.60 Å². The lowest BCUT2D eigenvalue weighted by Crippen LogP contribution is -2.35. The molecule has 0 radical (unpaired) electrons. The summed E-state index contributed by atoms with van der Waals surface area (Å²) in [4.78, 5) is 12.2. The molecular weight excluding hydrogens is 232 g/mol. The summed E-state index contributed by atoms with van der Waals surface area (Å²) in [6.07, 6.45) is 8.57. The maximum Gasteiger partial charge on any atom is 0.341 e. The first-order valence-corrected chi connectivity index (χ1v) is 7.30. The van der Waals surface area contributed by atoms with E-state index in [2.05, 4.69) is 0 Å². The van der Waals surface area contributed by atoms with E-state index in [4.69, 9.17) is 14.2 Å². The van der Waals surface area contributed by atoms with Crippen LogP contribution in [0.4, 0.5) is 0 Å². The summed E-state index contributed by atoms with van der Waals surface area (Å²) in [5, 5.41) is 0. The predicted molar refractivity (Wildman–Crippen MR) is 63.0 cm³/mol. The summed E-state index contributed by atoms with van der Waals surface area (Å²) in [5.41, 5.74) is -0.619. The SMILES string of the molecule is O=C(OCC1CCCCC1)C12CCC3OC3C1O2. The standard InChI is InChI=1S/C14H20O4/c15-13(16-8-9-4-2-1-3-5-9)14-7-6-10-11(17-10)12(14)18-14/h9-12H,1-8H2. The smallest absolute Gasteiger partial charge is 0.341 e. The number of carbonyl (C=O) groups excluding carboxylic acids is 1. The highest BCUT2D eigenvalue weighted by Crippen LogP contribution is 2.56. The fourth-order valence-electron chi connectivity index (χ4n) is 3.67. The van der Waals surface area contributed by atoms with Crippen LogP contribution in [-0.2, 0) is 19.0 Å². The first-order chi connectivity index (χ1) is 8.79. The number of fused-ring (bicyclic) bond motifs is 3. The Morgan fingerprint density at radius 3 is 2.89 bits per heavy atom. The first-order valence-electron chi connectivity index (χ1n) is 7.30. The van der Waals surface area contributed by atoms with Crippen molar-refractivity contribution in [2.45, 2.75) is 68.9 Å². The molecule has 2 aliphatic heterocycles. The quantitative estimate of drug-likeness (QED) is 0.568. The second kappa shape index (κ2) is 3.94. The van der Waals surface area contributed by atoms with Crippen molar-refractivity contribution in [2.24, 2.45) is 5.92 Å². The second-order valence-electron chi connectivity index (χ2n) is 6.21. The van der Waals surface area contributed by atoms with Gasteiger partial charge >= 0.3 is 5.97 Å². The van der Waals surface area contributed by atoms with Crippen molar-refractivity contribution in [1.82, 2.24) is 0 Å². The fraction of sp³-hybridized carbons (Fsp3) is 0.929. The number of rotatable bonds is 3. The molecule has 0 aromatic rings. The van der Waals surface area contributed by atoms with Gasteiger partial charge in [-0.15, -0.1) is 0 Å². The summed E-state index contributed by atoms with van der Waals surface area (Å²) in [6, 6.07) is 0. The van der Waals surface area contributed by atoms with Crippen molar-refractivity contribution in [3.05, 3.63) is 0 Å². The number of hydrogen-bond acceptors (Lipinski definition) is 4. The molecule has 0 bridgehead atoms. The van der Waals surface area contributed by atoms with Crippen molar-refractivity contribution in [3.8, 4) is 0 Å². The maximum absolute atomic E-state index is 12.2. The van der Waals surface area contributed by atoms with E-state index in [1.165, 1.54) is 32.1 Å². The summed E-state index contributed by atoms with van der Waals surface area (Å²) >= 11 is 0. The van der Waals surface area contributed by atoms with Crippen LogP contribution in [-0.4, -0.2) is 36.5 Å². The van der Waals surface area contributed by atoms with Gasteiger partial charge in [0.1, 0.15) is 12.2 Å². The van der Waals surface area contributed by atoms with Crippen molar-refractivity contribution in [1.29, 1.82) is 0 Å². The Labute approximate surface area is 107 Å². The van der Waals surface area contributed by atoms with Crippen molar-refractivity contribution >= 4 is 5.97 Å². The molecule has 18 heavy (non-hydrogen) atoms. The van der Waals surface area contributed by atoms with Gasteiger partial charge in [0.05, 0.1) is 12.7 Å². The summed E-state index contributed by atoms with van der Waals surface area (Å²) in [6.45, 7) is 0.589. The minimum atomic E-state index is -0.619. The zero-order valence-corrected chi connectivity index (χ0v) is 10.6. The molecule has 4 fully saturated rings. The molecule has 2 saturated heterocycles. The molecule has 0 aromatic carbocycles. The van der Waals surface area contributed by atoms with Gasteiger partial charge in [-0.05, 0) is 31.6 Å². The number of carbonyl (C=O) groups is 1. The lowest BCUT2D eigenvalue weighted by Gasteiger charge is -2.22. The molecule has 4 nitrogen and oxygen atoms in total. The van der Waals surface area contributed by atoms with Gasteiger partial charge in [-0.1, -0.05) is 19.3 Å². The van der Waals surface area contributed by atoms with Crippen molar-refractivity contribution < 1.29 is 19.0 Å². The van der Waals surface area contributed by atoms with Crippen LogP contribution in [0.1, 0.15) is 44.9 Å². The normalized spacial score (nSPS) is 45.9. The fourth-order valence-corrected chi connectivity index (χ4v) is 3.67. The van der Waals surface area contributed by atoms with E-state index >= 15 is 0 Å². The van der Waals surface area contributed by atoms with Gasteiger partial charge < -0.3 is 14.2 Å². The Morgan fingerprint density at radius 2 is 2.06 bits per heavy atom. The molecule has 4 heteroatoms. The van der Waals surface area contributed by atoms with Crippen LogP contribution in [0, 0.1) is 5.92 Å². The zero-order chi connectivity index (χ0) is 12.2. The largest absolute Gasteiger partial charge is 0.463 e. The Morgan fingerprint density at radius 1 is 1.22 bits per heavy atom. The Hall–Kier alpha value is -0.610. The van der Waals surface area contributed by atoms with Crippen LogP contribution in [0.2, 0.25) is 0 Å². The number of ether oxygens (including phenoxy) is 3. The number of hydrogen-bond donors (Lipinski definition) is 0. The van der Waals surface area contributed by atoms with Crippen LogP contribution in [0.3, 0.4) is 0 Å². The van der Waals surface area contributed by atoms with E-state index in [-0.39, 0.29) is 18.2 Å². The zero-order valence-electron chi connectivity index (χ0n) is 10.6. The molecule has 0 spiro atoms. The van der Waals surface area contributed by atoms with Crippen LogP contribution in [0.15, 0.2) is 0 Å². The van der Waals surface area contributed by atoms with E-state index in [0.717, 1.165) is 12.8 Å². The molecule has 2 saturated carbocycles. The molecule has 0 amide bonds. The van der Waals surface area contributed by atoms with Gasteiger partial charge in [-0.2, -0.15) is 0 Å². The highest BCUT2D eigenvalue weighted by molar-refractivity contribution is 5.84. The minimum absolute atomic E-state index is 0.00453. The molecule has 2 heterocycles. The molecule has 4 rings (SSSR count). The van der Waals surface area contributed by atoms with Crippen LogP contribution in [0.25, 0.3) is 0 Å². The summed E-state index contributed by atoms with van der Waals surface area (Å²) in [5.74, 6) is 0.442. The third-order valence-corrected chi connectivity index (χ3v) is 4.98. The average Bonchev–Trinajstić information content (AvgIpc) is 3.26. The molecule has 0 N–H and O–H groups in total. The van der Waals surface area contributed by atoms with Gasteiger partial charge in [-0.3, -0.25) is 0 Å². The average molecular weight is 252 g/mol. The second-order valence-corrected chi connectivity index (χ2v) is 6.21. The molecule has 100 valence electrons. The topological polar surface area (TPSA) is 51.4 Å². The molecule has 4 unspecified atom stereocenters. The Balaban J connectivity index is 1.31. The molecule has 0 aromatic heterocycles. The van der Waals surface area contributed by atoms with Gasteiger partial charge in [-0.25, -0.2) is 4.79 Å². The highest BCUT2D eigenvalue weighted by Gasteiger charge is 2.75. The lowest BCUT2D eigenvalue weighted by atomic mass is 9.88. The predicted octanol–water partition coefficient (Wildman–Crippen LogP) is 1.81. The number of esters is 1. The number of epoxide rings is 2.